The molecule has 2 aliphatic heterocycles. The van der Waals surface area contributed by atoms with Crippen LogP contribution in [0, 0.1) is 11.3 Å². The molecule has 0 aliphatic carbocycles. The van der Waals surface area contributed by atoms with E-state index >= 15 is 0 Å². The molecule has 5 heteroatoms. The molecule has 0 radical (unpaired) electrons. The number of fused-ring (bicyclic) bond motifs is 2. The van der Waals surface area contributed by atoms with Crippen LogP contribution in [0.3, 0.4) is 0 Å². The lowest BCUT2D eigenvalue weighted by molar-refractivity contribution is -0.119. The highest BCUT2D eigenvalue weighted by molar-refractivity contribution is 6.09. The first-order valence-electron chi connectivity index (χ1n) is 7.23. The molecule has 5 nitrogen and oxygen atoms in total. The molecule has 2 aromatic rings. The average molecular weight is 291 g/mol. The van der Waals surface area contributed by atoms with E-state index in [1.807, 2.05) is 24.3 Å². The van der Waals surface area contributed by atoms with Crippen LogP contribution in [0.25, 0.3) is 10.8 Å². The Bertz CT molecular complexity index is 853. The average Bonchev–Trinajstić information content (AvgIpc) is 3.07. The van der Waals surface area contributed by atoms with Crippen LogP contribution in [0.15, 0.2) is 36.4 Å². The molecule has 1 unspecified atom stereocenters. The van der Waals surface area contributed by atoms with Crippen molar-refractivity contribution >= 4 is 28.3 Å². The summed E-state index contributed by atoms with van der Waals surface area (Å²) in [5, 5.41) is 10.9. The first-order valence-corrected chi connectivity index (χ1v) is 7.23. The van der Waals surface area contributed by atoms with E-state index in [0.717, 1.165) is 16.5 Å². The van der Waals surface area contributed by atoms with Crippen molar-refractivity contribution in [1.29, 1.82) is 5.26 Å². The van der Waals surface area contributed by atoms with Crippen LogP contribution in [-0.2, 0) is 4.79 Å². The third-order valence-corrected chi connectivity index (χ3v) is 4.49. The number of carbonyl (C=O) groups excluding carboxylic acids is 2. The number of anilines is 1. The fraction of sp³-hybridized carbons (Fsp3) is 0.235. The van der Waals surface area contributed by atoms with Gasteiger partial charge in [0.2, 0.25) is 0 Å². The van der Waals surface area contributed by atoms with E-state index in [1.165, 1.54) is 0 Å². The molecule has 2 saturated heterocycles. The van der Waals surface area contributed by atoms with Crippen molar-refractivity contribution < 1.29 is 9.59 Å². The fourth-order valence-corrected chi connectivity index (χ4v) is 3.38. The number of urea groups is 1. The molecule has 108 valence electrons. The van der Waals surface area contributed by atoms with Crippen LogP contribution < -0.4 is 4.90 Å². The predicted octanol–water partition coefficient (Wildman–Crippen LogP) is 2.29. The maximum atomic E-state index is 12.6. The van der Waals surface area contributed by atoms with Crippen molar-refractivity contribution in [3.8, 4) is 6.07 Å². The second-order valence-corrected chi connectivity index (χ2v) is 5.61. The van der Waals surface area contributed by atoms with Gasteiger partial charge < -0.3 is 4.90 Å². The van der Waals surface area contributed by atoms with E-state index in [4.69, 9.17) is 0 Å². The smallest absolute Gasteiger partial charge is 0.312 e. The molecule has 22 heavy (non-hydrogen) atoms. The molecule has 0 spiro atoms. The minimum atomic E-state index is -0.318. The van der Waals surface area contributed by atoms with Crippen LogP contribution in [0.5, 0.6) is 0 Å². The molecule has 4 rings (SSSR count). The van der Waals surface area contributed by atoms with Crippen molar-refractivity contribution in [3.05, 3.63) is 42.0 Å². The van der Waals surface area contributed by atoms with Gasteiger partial charge in [-0.05, 0) is 12.1 Å². The molecule has 0 saturated carbocycles. The maximum Gasteiger partial charge on any atom is 0.325 e. The van der Waals surface area contributed by atoms with Crippen molar-refractivity contribution in [2.75, 3.05) is 18.0 Å². The third kappa shape index (κ3) is 1.64. The van der Waals surface area contributed by atoms with E-state index < -0.39 is 0 Å². The van der Waals surface area contributed by atoms with Gasteiger partial charge in [0.25, 0.3) is 0 Å². The van der Waals surface area contributed by atoms with E-state index in [1.54, 1.807) is 21.9 Å². The Morgan fingerprint density at radius 1 is 1.09 bits per heavy atom. The van der Waals surface area contributed by atoms with Gasteiger partial charge in [0.05, 0.1) is 23.9 Å². The van der Waals surface area contributed by atoms with Crippen molar-refractivity contribution in [1.82, 2.24) is 4.90 Å². The number of carbonyl (C=O) groups is 2. The highest BCUT2D eigenvalue weighted by Crippen LogP contribution is 2.34. The number of nitrogens with zero attached hydrogens (tertiary/aromatic N) is 3. The van der Waals surface area contributed by atoms with E-state index in [2.05, 4.69) is 6.07 Å². The lowest BCUT2D eigenvalue weighted by Crippen LogP contribution is -2.32. The van der Waals surface area contributed by atoms with Crippen LogP contribution >= 0.6 is 0 Å². The fourth-order valence-electron chi connectivity index (χ4n) is 3.38. The Kier molecular flexibility index (Phi) is 2.67. The first kappa shape index (κ1) is 12.8. The molecule has 2 fully saturated rings. The number of hydrogen-bond donors (Lipinski definition) is 0. The zero-order valence-corrected chi connectivity index (χ0v) is 11.8. The number of nitriles is 1. The largest absolute Gasteiger partial charge is 0.325 e. The summed E-state index contributed by atoms with van der Waals surface area (Å²) in [4.78, 5) is 27.8. The summed E-state index contributed by atoms with van der Waals surface area (Å²) in [6.45, 7) is 0.903. The van der Waals surface area contributed by atoms with Crippen LogP contribution in [-0.4, -0.2) is 35.8 Å². The normalized spacial score (nSPS) is 20.6. The number of amides is 2. The SMILES string of the molecule is N#Cc1ccc(N2CC3C(=O)CCN3C2=O)c2ccccc12. The highest BCUT2D eigenvalue weighted by atomic mass is 16.2. The topological polar surface area (TPSA) is 64.4 Å². The summed E-state index contributed by atoms with van der Waals surface area (Å²) in [6.07, 6.45) is 0.457. The highest BCUT2D eigenvalue weighted by Gasteiger charge is 2.45. The lowest BCUT2D eigenvalue weighted by atomic mass is 10.0. The van der Waals surface area contributed by atoms with Crippen LogP contribution in [0.4, 0.5) is 10.5 Å². The summed E-state index contributed by atoms with van der Waals surface area (Å²) < 4.78 is 0. The van der Waals surface area contributed by atoms with E-state index in [9.17, 15) is 14.9 Å². The molecular weight excluding hydrogens is 278 g/mol. The van der Waals surface area contributed by atoms with Gasteiger partial charge in [-0.1, -0.05) is 24.3 Å². The number of benzene rings is 2. The summed E-state index contributed by atoms with van der Waals surface area (Å²) in [7, 11) is 0. The molecule has 2 aromatic carbocycles. The molecule has 2 heterocycles. The van der Waals surface area contributed by atoms with Gasteiger partial charge in [-0.3, -0.25) is 9.69 Å². The quantitative estimate of drug-likeness (QED) is 0.809. The van der Waals surface area contributed by atoms with Gasteiger partial charge in [0.15, 0.2) is 5.78 Å². The second kappa shape index (κ2) is 4.57. The number of ketones is 1. The van der Waals surface area contributed by atoms with Crippen LogP contribution in [0.1, 0.15) is 12.0 Å². The zero-order valence-electron chi connectivity index (χ0n) is 11.8. The minimum absolute atomic E-state index is 0.120. The van der Waals surface area contributed by atoms with Crippen molar-refractivity contribution in [2.24, 2.45) is 0 Å². The van der Waals surface area contributed by atoms with Gasteiger partial charge in [-0.25, -0.2) is 4.79 Å². The Morgan fingerprint density at radius 3 is 2.59 bits per heavy atom. The Labute approximate surface area is 127 Å². The summed E-state index contributed by atoms with van der Waals surface area (Å²) in [6, 6.07) is 12.8. The van der Waals surface area contributed by atoms with Crippen molar-refractivity contribution in [2.45, 2.75) is 12.5 Å². The maximum absolute atomic E-state index is 12.6. The van der Waals surface area contributed by atoms with Gasteiger partial charge in [-0.2, -0.15) is 5.26 Å². The zero-order chi connectivity index (χ0) is 15.3. The monoisotopic (exact) mass is 291 g/mol. The number of rotatable bonds is 1. The Morgan fingerprint density at radius 2 is 1.86 bits per heavy atom. The molecular formula is C17H13N3O2. The lowest BCUT2D eigenvalue weighted by Gasteiger charge is -2.19. The predicted molar refractivity (Wildman–Crippen MR) is 81.5 cm³/mol. The molecule has 2 amide bonds. The first-order chi connectivity index (χ1) is 10.7. The molecule has 0 bridgehead atoms. The van der Waals surface area contributed by atoms with Gasteiger partial charge in [-0.15, -0.1) is 0 Å². The Balaban J connectivity index is 1.85. The third-order valence-electron chi connectivity index (χ3n) is 4.49. The van der Waals surface area contributed by atoms with E-state index in [-0.39, 0.29) is 17.9 Å². The van der Waals surface area contributed by atoms with E-state index in [0.29, 0.717) is 25.1 Å². The summed E-state index contributed by atoms with van der Waals surface area (Å²) in [5.41, 5.74) is 1.35. The number of hydrogen-bond acceptors (Lipinski definition) is 3. The van der Waals surface area contributed by atoms with Crippen molar-refractivity contribution in [3.63, 3.8) is 0 Å². The van der Waals surface area contributed by atoms with Gasteiger partial charge in [0, 0.05) is 23.7 Å². The molecule has 0 N–H and O–H groups in total. The molecule has 0 aromatic heterocycles. The second-order valence-electron chi connectivity index (χ2n) is 5.61. The standard InChI is InChI=1S/C17H13N3O2/c18-9-11-5-6-14(13-4-2-1-3-12(11)13)20-10-15-16(21)7-8-19(15)17(20)22/h1-6,15H,7-8,10H2. The summed E-state index contributed by atoms with van der Waals surface area (Å²) in [5.74, 6) is 0.133. The summed E-state index contributed by atoms with van der Waals surface area (Å²) >= 11 is 0. The van der Waals surface area contributed by atoms with Gasteiger partial charge >= 0.3 is 6.03 Å². The number of Topliss-reactive ketones (excluding diaryl/α,β-unsaturated/α-hetero) is 1. The van der Waals surface area contributed by atoms with Gasteiger partial charge in [0.1, 0.15) is 6.04 Å². The van der Waals surface area contributed by atoms with Crippen LogP contribution in [0.2, 0.25) is 0 Å². The molecule has 2 aliphatic rings. The molecule has 1 atom stereocenters. The Hall–Kier alpha value is -2.87. The minimum Gasteiger partial charge on any atom is -0.312 e.